The summed E-state index contributed by atoms with van der Waals surface area (Å²) in [5.41, 5.74) is 6.80. The van der Waals surface area contributed by atoms with Crippen molar-refractivity contribution in [2.75, 3.05) is 6.54 Å². The Balaban J connectivity index is 1.76. The molecular formula is C23H24N2. The maximum atomic E-state index is 4.10. The molecule has 126 valence electrons. The predicted molar refractivity (Wildman–Crippen MR) is 106 cm³/mol. The number of nitrogens with one attached hydrogen (secondary N) is 1. The average molecular weight is 328 g/mol. The van der Waals surface area contributed by atoms with Crippen LogP contribution in [0, 0.1) is 0 Å². The molecule has 1 aromatic heterocycles. The highest BCUT2D eigenvalue weighted by molar-refractivity contribution is 5.88. The Hall–Kier alpha value is -2.58. The summed E-state index contributed by atoms with van der Waals surface area (Å²) in [6.07, 6.45) is 7.11. The molecule has 0 aliphatic carbocycles. The van der Waals surface area contributed by atoms with Crippen LogP contribution in [0.25, 0.3) is 10.9 Å². The van der Waals surface area contributed by atoms with Gasteiger partial charge in [0.2, 0.25) is 0 Å². The van der Waals surface area contributed by atoms with Crippen molar-refractivity contribution in [3.63, 3.8) is 0 Å². The second-order valence-corrected chi connectivity index (χ2v) is 6.86. The van der Waals surface area contributed by atoms with Crippen LogP contribution in [0.2, 0.25) is 0 Å². The van der Waals surface area contributed by atoms with Gasteiger partial charge in [0.25, 0.3) is 0 Å². The summed E-state index contributed by atoms with van der Waals surface area (Å²) in [4.78, 5) is 5.96. The lowest BCUT2D eigenvalue weighted by molar-refractivity contribution is 0.235. The van der Waals surface area contributed by atoms with Gasteiger partial charge < -0.3 is 4.98 Å². The van der Waals surface area contributed by atoms with E-state index in [1.165, 1.54) is 33.2 Å². The minimum Gasteiger partial charge on any atom is -0.361 e. The van der Waals surface area contributed by atoms with Gasteiger partial charge in [-0.1, -0.05) is 48.6 Å². The molecule has 2 heterocycles. The number of aromatic amines is 1. The van der Waals surface area contributed by atoms with Gasteiger partial charge in [-0.15, -0.1) is 13.2 Å². The van der Waals surface area contributed by atoms with E-state index < -0.39 is 0 Å². The van der Waals surface area contributed by atoms with Gasteiger partial charge >= 0.3 is 0 Å². The lowest BCUT2D eigenvalue weighted by Gasteiger charge is -2.34. The number of nitrogens with zero attached hydrogens (tertiary/aromatic N) is 1. The van der Waals surface area contributed by atoms with E-state index in [1.54, 1.807) is 0 Å². The SMILES string of the molecule is C=CCc1c[nH]c2ccc3c(c12)CN(Cc1ccccc1)C[C@@H]3C=C. The summed E-state index contributed by atoms with van der Waals surface area (Å²) in [6.45, 7) is 11.0. The molecule has 0 saturated heterocycles. The third-order valence-electron chi connectivity index (χ3n) is 5.21. The number of benzene rings is 2. The van der Waals surface area contributed by atoms with Gasteiger partial charge in [0, 0.05) is 42.7 Å². The minimum absolute atomic E-state index is 0.378. The fourth-order valence-electron chi connectivity index (χ4n) is 4.05. The zero-order valence-corrected chi connectivity index (χ0v) is 14.5. The Morgan fingerprint density at radius 1 is 1.12 bits per heavy atom. The van der Waals surface area contributed by atoms with E-state index in [0.29, 0.717) is 5.92 Å². The molecule has 1 atom stereocenters. The van der Waals surface area contributed by atoms with E-state index in [1.807, 2.05) is 6.08 Å². The standard InChI is InChI=1S/C23H24N2/c1-3-8-19-13-24-22-12-11-20-18(4-2)15-25(16-21(20)23(19)22)14-17-9-6-5-7-10-17/h3-7,9-13,18,24H,1-2,8,14-16H2/t18-/m0/s1. The lowest BCUT2D eigenvalue weighted by atomic mass is 9.86. The van der Waals surface area contributed by atoms with Gasteiger partial charge in [-0.25, -0.2) is 0 Å². The number of hydrogen-bond acceptors (Lipinski definition) is 1. The van der Waals surface area contributed by atoms with Crippen LogP contribution in [0.4, 0.5) is 0 Å². The molecule has 1 N–H and O–H groups in total. The molecule has 0 saturated carbocycles. The van der Waals surface area contributed by atoms with E-state index in [4.69, 9.17) is 0 Å². The average Bonchev–Trinajstić information content (AvgIpc) is 3.06. The van der Waals surface area contributed by atoms with Crippen molar-refractivity contribution in [2.45, 2.75) is 25.4 Å². The van der Waals surface area contributed by atoms with Crippen molar-refractivity contribution in [3.8, 4) is 0 Å². The summed E-state index contributed by atoms with van der Waals surface area (Å²) < 4.78 is 0. The number of H-pyrrole nitrogens is 1. The third kappa shape index (κ3) is 2.94. The molecule has 2 nitrogen and oxygen atoms in total. The molecule has 1 aliphatic heterocycles. The first kappa shape index (κ1) is 15.9. The quantitative estimate of drug-likeness (QED) is 0.639. The van der Waals surface area contributed by atoms with Crippen molar-refractivity contribution in [3.05, 3.63) is 96.2 Å². The van der Waals surface area contributed by atoms with Gasteiger partial charge in [0.05, 0.1) is 0 Å². The summed E-state index contributed by atoms with van der Waals surface area (Å²) in [5.74, 6) is 0.378. The van der Waals surface area contributed by atoms with Gasteiger partial charge in [0.15, 0.2) is 0 Å². The van der Waals surface area contributed by atoms with Crippen molar-refractivity contribution < 1.29 is 0 Å². The number of hydrogen-bond donors (Lipinski definition) is 1. The van der Waals surface area contributed by atoms with Crippen molar-refractivity contribution in [1.82, 2.24) is 9.88 Å². The van der Waals surface area contributed by atoms with Crippen LogP contribution in [-0.4, -0.2) is 16.4 Å². The fraction of sp³-hybridized carbons (Fsp3) is 0.217. The molecule has 4 rings (SSSR count). The molecule has 0 fully saturated rings. The first-order valence-electron chi connectivity index (χ1n) is 8.91. The van der Waals surface area contributed by atoms with Crippen LogP contribution in [0.3, 0.4) is 0 Å². The van der Waals surface area contributed by atoms with Crippen LogP contribution in [0.15, 0.2) is 74.0 Å². The molecule has 0 radical (unpaired) electrons. The van der Waals surface area contributed by atoms with E-state index in [-0.39, 0.29) is 0 Å². The molecule has 2 aromatic carbocycles. The highest BCUT2D eigenvalue weighted by Gasteiger charge is 2.26. The third-order valence-corrected chi connectivity index (χ3v) is 5.21. The molecule has 1 aliphatic rings. The largest absolute Gasteiger partial charge is 0.361 e. The monoisotopic (exact) mass is 328 g/mol. The highest BCUT2D eigenvalue weighted by Crippen LogP contribution is 2.36. The molecule has 25 heavy (non-hydrogen) atoms. The number of aromatic nitrogens is 1. The highest BCUT2D eigenvalue weighted by atomic mass is 15.1. The Labute approximate surface area is 149 Å². The van der Waals surface area contributed by atoms with E-state index in [9.17, 15) is 0 Å². The minimum atomic E-state index is 0.378. The van der Waals surface area contributed by atoms with Crippen molar-refractivity contribution >= 4 is 10.9 Å². The Kier molecular flexibility index (Phi) is 4.29. The maximum Gasteiger partial charge on any atom is 0.0460 e. The second-order valence-electron chi connectivity index (χ2n) is 6.86. The molecule has 0 amide bonds. The Morgan fingerprint density at radius 2 is 1.96 bits per heavy atom. The van der Waals surface area contributed by atoms with Crippen LogP contribution >= 0.6 is 0 Å². The van der Waals surface area contributed by atoms with E-state index in [0.717, 1.165) is 26.1 Å². The zero-order chi connectivity index (χ0) is 17.2. The molecule has 0 unspecified atom stereocenters. The molecular weight excluding hydrogens is 304 g/mol. The van der Waals surface area contributed by atoms with Crippen LogP contribution in [-0.2, 0) is 19.5 Å². The first-order valence-corrected chi connectivity index (χ1v) is 8.91. The number of rotatable bonds is 5. The molecule has 2 heteroatoms. The van der Waals surface area contributed by atoms with Gasteiger partial charge in [-0.05, 0) is 34.7 Å². The summed E-state index contributed by atoms with van der Waals surface area (Å²) in [5, 5.41) is 1.38. The van der Waals surface area contributed by atoms with Gasteiger partial charge in [-0.2, -0.15) is 0 Å². The van der Waals surface area contributed by atoms with Crippen molar-refractivity contribution in [2.24, 2.45) is 0 Å². The van der Waals surface area contributed by atoms with Crippen LogP contribution < -0.4 is 0 Å². The smallest absolute Gasteiger partial charge is 0.0460 e. The first-order chi connectivity index (χ1) is 12.3. The Morgan fingerprint density at radius 3 is 2.72 bits per heavy atom. The van der Waals surface area contributed by atoms with E-state index >= 15 is 0 Å². The summed E-state index contributed by atoms with van der Waals surface area (Å²) in [6, 6.07) is 15.2. The van der Waals surface area contributed by atoms with Crippen molar-refractivity contribution in [1.29, 1.82) is 0 Å². The fourth-order valence-corrected chi connectivity index (χ4v) is 4.05. The summed E-state index contributed by atoms with van der Waals surface area (Å²) in [7, 11) is 0. The van der Waals surface area contributed by atoms with Gasteiger partial charge in [-0.3, -0.25) is 4.90 Å². The lowest BCUT2D eigenvalue weighted by Crippen LogP contribution is -2.32. The second kappa shape index (κ2) is 6.73. The van der Waals surface area contributed by atoms with Crippen LogP contribution in [0.1, 0.15) is 28.2 Å². The topological polar surface area (TPSA) is 19.0 Å². The van der Waals surface area contributed by atoms with E-state index in [2.05, 4.69) is 77.8 Å². The zero-order valence-electron chi connectivity index (χ0n) is 14.5. The predicted octanol–water partition coefficient (Wildman–Crippen LogP) is 5.18. The molecule has 0 spiro atoms. The Bertz CT molecular complexity index is 904. The normalized spacial score (nSPS) is 17.4. The van der Waals surface area contributed by atoms with Gasteiger partial charge in [0.1, 0.15) is 0 Å². The maximum absolute atomic E-state index is 4.10. The number of fused-ring (bicyclic) bond motifs is 3. The molecule has 0 bridgehead atoms. The molecule has 3 aromatic rings. The van der Waals surface area contributed by atoms with Crippen LogP contribution in [0.5, 0.6) is 0 Å². The summed E-state index contributed by atoms with van der Waals surface area (Å²) >= 11 is 0. The number of allylic oxidation sites excluding steroid dienone is 1.